The van der Waals surface area contributed by atoms with Gasteiger partial charge < -0.3 is 5.73 Å². The Balaban J connectivity index is 2.43. The number of rotatable bonds is 3. The number of carbonyl (C=O) groups is 1. The molecule has 4 nitrogen and oxygen atoms in total. The zero-order chi connectivity index (χ0) is 15.6. The summed E-state index contributed by atoms with van der Waals surface area (Å²) in [6.45, 7) is 0. The van der Waals surface area contributed by atoms with E-state index in [2.05, 4.69) is 25.9 Å². The van der Waals surface area contributed by atoms with E-state index in [1.165, 1.54) is 6.20 Å². The molecule has 110 valence electrons. The van der Waals surface area contributed by atoms with Gasteiger partial charge in [0.15, 0.2) is 0 Å². The summed E-state index contributed by atoms with van der Waals surface area (Å²) in [6, 6.07) is 4.99. The fraction of sp³-hybridized carbons (Fsp3) is 0.0833. The average Bonchev–Trinajstić information content (AvgIpc) is 2.40. The highest BCUT2D eigenvalue weighted by Crippen LogP contribution is 2.33. The van der Waals surface area contributed by atoms with Gasteiger partial charge in [0.25, 0.3) is 5.91 Å². The molecule has 0 aliphatic carbocycles. The van der Waals surface area contributed by atoms with E-state index in [4.69, 9.17) is 5.73 Å². The predicted octanol–water partition coefficient (Wildman–Crippen LogP) is 3.51. The number of hydrogen-bond acceptors (Lipinski definition) is 4. The minimum absolute atomic E-state index is 0.0854. The average molecular weight is 378 g/mol. The Kier molecular flexibility index (Phi) is 4.52. The SMILES string of the molecule is NC(=O)c1ccc(C(F)(F)F)nc1Sc1ccc(Br)cn1. The van der Waals surface area contributed by atoms with Crippen LogP contribution in [0.1, 0.15) is 16.1 Å². The summed E-state index contributed by atoms with van der Waals surface area (Å²) in [5.41, 5.74) is 3.97. The van der Waals surface area contributed by atoms with Crippen LogP contribution in [0.4, 0.5) is 13.2 Å². The number of nitrogens with two attached hydrogens (primary N) is 1. The summed E-state index contributed by atoms with van der Waals surface area (Å²) in [6.07, 6.45) is -3.11. The van der Waals surface area contributed by atoms with Crippen LogP contribution in [0.15, 0.2) is 45.0 Å². The molecule has 0 bridgehead atoms. The molecule has 0 unspecified atom stereocenters. The second-order valence-corrected chi connectivity index (χ2v) is 5.75. The van der Waals surface area contributed by atoms with Crippen molar-refractivity contribution in [2.45, 2.75) is 16.2 Å². The zero-order valence-corrected chi connectivity index (χ0v) is 12.6. The molecule has 0 spiro atoms. The second-order valence-electron chi connectivity index (χ2n) is 3.83. The highest BCUT2D eigenvalue weighted by atomic mass is 79.9. The van der Waals surface area contributed by atoms with Crippen molar-refractivity contribution in [2.24, 2.45) is 5.73 Å². The van der Waals surface area contributed by atoms with E-state index in [9.17, 15) is 18.0 Å². The quantitative estimate of drug-likeness (QED) is 0.888. The Morgan fingerprint density at radius 3 is 2.48 bits per heavy atom. The first-order valence-corrected chi connectivity index (χ1v) is 7.06. The molecule has 2 heterocycles. The van der Waals surface area contributed by atoms with Gasteiger partial charge in [-0.05, 0) is 52.0 Å². The summed E-state index contributed by atoms with van der Waals surface area (Å²) in [5.74, 6) is -0.851. The number of hydrogen-bond donors (Lipinski definition) is 1. The maximum atomic E-state index is 12.7. The normalized spacial score (nSPS) is 11.4. The van der Waals surface area contributed by atoms with Gasteiger partial charge in [0.05, 0.1) is 5.56 Å². The summed E-state index contributed by atoms with van der Waals surface area (Å²) < 4.78 is 38.8. The van der Waals surface area contributed by atoms with Crippen molar-refractivity contribution in [2.75, 3.05) is 0 Å². The number of nitrogens with zero attached hydrogens (tertiary/aromatic N) is 2. The Morgan fingerprint density at radius 1 is 1.24 bits per heavy atom. The fourth-order valence-corrected chi connectivity index (χ4v) is 2.48. The number of carbonyl (C=O) groups excluding carboxylic acids is 1. The van der Waals surface area contributed by atoms with Crippen LogP contribution < -0.4 is 5.73 Å². The molecular formula is C12H7BrF3N3OS. The summed E-state index contributed by atoms with van der Waals surface area (Å²) in [5, 5.41) is 0.264. The molecule has 0 aromatic carbocycles. The molecule has 0 radical (unpaired) electrons. The lowest BCUT2D eigenvalue weighted by molar-refractivity contribution is -0.141. The van der Waals surface area contributed by atoms with Crippen LogP contribution in [-0.2, 0) is 6.18 Å². The van der Waals surface area contributed by atoms with Crippen molar-refractivity contribution >= 4 is 33.6 Å². The molecule has 0 atom stereocenters. The number of halogens is 4. The Hall–Kier alpha value is -1.61. The Morgan fingerprint density at radius 2 is 1.95 bits per heavy atom. The van der Waals surface area contributed by atoms with Gasteiger partial charge in [0, 0.05) is 10.7 Å². The lowest BCUT2D eigenvalue weighted by Gasteiger charge is -2.10. The third-order valence-corrected chi connectivity index (χ3v) is 3.74. The number of aromatic nitrogens is 2. The predicted molar refractivity (Wildman–Crippen MR) is 73.8 cm³/mol. The van der Waals surface area contributed by atoms with E-state index < -0.39 is 17.8 Å². The van der Waals surface area contributed by atoms with Crippen LogP contribution in [-0.4, -0.2) is 15.9 Å². The maximum absolute atomic E-state index is 12.7. The van der Waals surface area contributed by atoms with Crippen molar-refractivity contribution in [3.63, 3.8) is 0 Å². The summed E-state index contributed by atoms with van der Waals surface area (Å²) in [4.78, 5) is 18.8. The van der Waals surface area contributed by atoms with E-state index in [1.807, 2.05) is 0 Å². The molecule has 2 rings (SSSR count). The van der Waals surface area contributed by atoms with Crippen LogP contribution in [0.5, 0.6) is 0 Å². The fourth-order valence-electron chi connectivity index (χ4n) is 1.39. The first kappa shape index (κ1) is 15.8. The standard InChI is InChI=1S/C12H7BrF3N3OS/c13-6-1-4-9(18-5-6)21-11-7(10(17)20)2-3-8(19-11)12(14,15)16/h1-5H,(H2,17,20). The smallest absolute Gasteiger partial charge is 0.366 e. The highest BCUT2D eigenvalue weighted by molar-refractivity contribution is 9.10. The highest BCUT2D eigenvalue weighted by Gasteiger charge is 2.33. The number of alkyl halides is 3. The van der Waals surface area contributed by atoms with Gasteiger partial charge in [0.2, 0.25) is 0 Å². The Bertz CT molecular complexity index is 676. The monoisotopic (exact) mass is 377 g/mol. The lowest BCUT2D eigenvalue weighted by atomic mass is 10.2. The molecule has 1 amide bonds. The minimum atomic E-state index is -4.60. The molecule has 21 heavy (non-hydrogen) atoms. The molecule has 0 saturated heterocycles. The molecule has 2 N–H and O–H groups in total. The largest absolute Gasteiger partial charge is 0.433 e. The first-order chi connectivity index (χ1) is 9.77. The molecule has 9 heteroatoms. The second kappa shape index (κ2) is 6.02. The number of amides is 1. The van der Waals surface area contributed by atoms with Crippen molar-refractivity contribution in [3.05, 3.63) is 46.2 Å². The molecular weight excluding hydrogens is 371 g/mol. The number of primary amides is 1. The van der Waals surface area contributed by atoms with Crippen LogP contribution in [0.25, 0.3) is 0 Å². The molecule has 0 fully saturated rings. The third-order valence-electron chi connectivity index (χ3n) is 2.32. The van der Waals surface area contributed by atoms with Crippen molar-refractivity contribution in [1.29, 1.82) is 0 Å². The maximum Gasteiger partial charge on any atom is 0.433 e. The van der Waals surface area contributed by atoms with E-state index in [0.29, 0.717) is 5.03 Å². The summed E-state index contributed by atoms with van der Waals surface area (Å²) in [7, 11) is 0. The Labute approximate surface area is 130 Å². The van der Waals surface area contributed by atoms with Gasteiger partial charge in [0.1, 0.15) is 15.7 Å². The van der Waals surface area contributed by atoms with Crippen LogP contribution in [0.3, 0.4) is 0 Å². The van der Waals surface area contributed by atoms with Crippen LogP contribution in [0, 0.1) is 0 Å². The van der Waals surface area contributed by atoms with Crippen molar-refractivity contribution < 1.29 is 18.0 Å². The molecule has 2 aromatic heterocycles. The van der Waals surface area contributed by atoms with E-state index in [-0.39, 0.29) is 10.6 Å². The third kappa shape index (κ3) is 3.94. The van der Waals surface area contributed by atoms with Gasteiger partial charge in [-0.2, -0.15) is 13.2 Å². The van der Waals surface area contributed by atoms with Crippen molar-refractivity contribution in [1.82, 2.24) is 9.97 Å². The molecule has 0 aliphatic heterocycles. The van der Waals surface area contributed by atoms with Gasteiger partial charge in [-0.15, -0.1) is 0 Å². The van der Waals surface area contributed by atoms with Gasteiger partial charge in [-0.25, -0.2) is 9.97 Å². The first-order valence-electron chi connectivity index (χ1n) is 5.45. The molecule has 0 aliphatic rings. The zero-order valence-electron chi connectivity index (χ0n) is 10.2. The van der Waals surface area contributed by atoms with Crippen molar-refractivity contribution in [3.8, 4) is 0 Å². The van der Waals surface area contributed by atoms with E-state index >= 15 is 0 Å². The van der Waals surface area contributed by atoms with Crippen LogP contribution in [0.2, 0.25) is 0 Å². The lowest BCUT2D eigenvalue weighted by Crippen LogP contribution is -2.16. The minimum Gasteiger partial charge on any atom is -0.366 e. The topological polar surface area (TPSA) is 68.9 Å². The van der Waals surface area contributed by atoms with E-state index in [0.717, 1.165) is 28.4 Å². The number of pyridine rings is 2. The van der Waals surface area contributed by atoms with Gasteiger partial charge in [-0.1, -0.05) is 0 Å². The van der Waals surface area contributed by atoms with Gasteiger partial charge in [-0.3, -0.25) is 4.79 Å². The summed E-state index contributed by atoms with van der Waals surface area (Å²) >= 11 is 4.03. The van der Waals surface area contributed by atoms with E-state index in [1.54, 1.807) is 12.1 Å². The van der Waals surface area contributed by atoms with Gasteiger partial charge >= 0.3 is 6.18 Å². The van der Waals surface area contributed by atoms with Crippen LogP contribution >= 0.6 is 27.7 Å². The molecule has 0 saturated carbocycles. The molecule has 2 aromatic rings.